The van der Waals surface area contributed by atoms with Crippen LogP contribution in [0.2, 0.25) is 0 Å². The minimum absolute atomic E-state index is 0.366. The third kappa shape index (κ3) is 0.961. The van der Waals surface area contributed by atoms with Crippen LogP contribution < -0.4 is 0 Å². The van der Waals surface area contributed by atoms with Gasteiger partial charge in [0.25, 0.3) is 0 Å². The van der Waals surface area contributed by atoms with Crippen LogP contribution in [0.3, 0.4) is 0 Å². The smallest absolute Gasteiger partial charge is 0.163 e. The van der Waals surface area contributed by atoms with E-state index in [-0.39, 0.29) is 0 Å². The Morgan fingerprint density at radius 2 is 2.17 bits per heavy atom. The number of hydrogen-bond acceptors (Lipinski definition) is 1. The number of rotatable bonds is 0. The summed E-state index contributed by atoms with van der Waals surface area (Å²) in [7, 11) is 0. The first-order chi connectivity index (χ1) is 5.70. The van der Waals surface area contributed by atoms with Gasteiger partial charge in [-0.15, -0.1) is 0 Å². The van der Waals surface area contributed by atoms with E-state index in [9.17, 15) is 4.79 Å². The molecule has 2 aliphatic carbocycles. The molecule has 64 valence electrons. The Morgan fingerprint density at radius 1 is 1.42 bits per heavy atom. The third-order valence-corrected chi connectivity index (χ3v) is 2.99. The normalized spacial score (nSPS) is 29.0. The second-order valence-corrected chi connectivity index (χ2v) is 3.85. The standard InChI is InChI=1S/C11H14O/c1-7-3-4-8(2)11-9(7)5-6-10(11)12/h4,7H,3,5-6H2,1-2H3. The third-order valence-electron chi connectivity index (χ3n) is 2.99. The molecular weight excluding hydrogens is 148 g/mol. The lowest BCUT2D eigenvalue weighted by molar-refractivity contribution is -0.114. The van der Waals surface area contributed by atoms with Crippen LogP contribution in [0.25, 0.3) is 0 Å². The predicted octanol–water partition coefficient (Wildman–Crippen LogP) is 2.63. The maximum absolute atomic E-state index is 11.5. The van der Waals surface area contributed by atoms with Gasteiger partial charge < -0.3 is 0 Å². The Morgan fingerprint density at radius 3 is 2.83 bits per heavy atom. The van der Waals surface area contributed by atoms with Gasteiger partial charge in [0.05, 0.1) is 0 Å². The van der Waals surface area contributed by atoms with Crippen molar-refractivity contribution in [3.63, 3.8) is 0 Å². The maximum atomic E-state index is 11.5. The SMILES string of the molecule is CC1=CCC(C)C2=C1C(=O)CC2. The number of hydrogen-bond donors (Lipinski definition) is 0. The van der Waals surface area contributed by atoms with Crippen LogP contribution >= 0.6 is 0 Å². The van der Waals surface area contributed by atoms with Gasteiger partial charge >= 0.3 is 0 Å². The Kier molecular flexibility index (Phi) is 1.67. The average molecular weight is 162 g/mol. The molecule has 0 aromatic heterocycles. The second-order valence-electron chi connectivity index (χ2n) is 3.85. The van der Waals surface area contributed by atoms with Crippen LogP contribution in [0, 0.1) is 5.92 Å². The van der Waals surface area contributed by atoms with Gasteiger partial charge in [-0.1, -0.05) is 18.6 Å². The maximum Gasteiger partial charge on any atom is 0.163 e. The molecule has 0 aromatic rings. The molecule has 0 fully saturated rings. The molecule has 0 saturated carbocycles. The fourth-order valence-electron chi connectivity index (χ4n) is 2.24. The van der Waals surface area contributed by atoms with E-state index in [0.29, 0.717) is 11.7 Å². The minimum Gasteiger partial charge on any atom is -0.294 e. The molecule has 0 radical (unpaired) electrons. The van der Waals surface area contributed by atoms with Crippen molar-refractivity contribution in [3.8, 4) is 0 Å². The van der Waals surface area contributed by atoms with Crippen LogP contribution in [0.1, 0.15) is 33.1 Å². The first-order valence-corrected chi connectivity index (χ1v) is 4.63. The first-order valence-electron chi connectivity index (χ1n) is 4.63. The van der Waals surface area contributed by atoms with Gasteiger partial charge in [-0.05, 0) is 31.3 Å². The van der Waals surface area contributed by atoms with E-state index in [0.717, 1.165) is 24.8 Å². The van der Waals surface area contributed by atoms with Crippen molar-refractivity contribution < 1.29 is 4.79 Å². The van der Waals surface area contributed by atoms with Crippen LogP contribution in [0.4, 0.5) is 0 Å². The van der Waals surface area contributed by atoms with Crippen molar-refractivity contribution >= 4 is 5.78 Å². The molecule has 2 aliphatic rings. The summed E-state index contributed by atoms with van der Waals surface area (Å²) < 4.78 is 0. The molecular formula is C11H14O. The summed E-state index contributed by atoms with van der Waals surface area (Å²) >= 11 is 0. The molecule has 1 unspecified atom stereocenters. The van der Waals surface area contributed by atoms with Crippen molar-refractivity contribution in [2.45, 2.75) is 33.1 Å². The molecule has 1 heteroatoms. The summed E-state index contributed by atoms with van der Waals surface area (Å²) in [4.78, 5) is 11.5. The van der Waals surface area contributed by atoms with E-state index in [1.54, 1.807) is 0 Å². The summed E-state index contributed by atoms with van der Waals surface area (Å²) in [5, 5.41) is 0. The molecule has 0 saturated heterocycles. The second kappa shape index (κ2) is 2.58. The van der Waals surface area contributed by atoms with E-state index in [1.807, 2.05) is 0 Å². The molecule has 1 atom stereocenters. The van der Waals surface area contributed by atoms with E-state index in [1.165, 1.54) is 11.1 Å². The Labute approximate surface area is 73.2 Å². The van der Waals surface area contributed by atoms with E-state index in [2.05, 4.69) is 19.9 Å². The van der Waals surface area contributed by atoms with Crippen molar-refractivity contribution in [3.05, 3.63) is 22.8 Å². The molecule has 2 rings (SSSR count). The molecule has 0 aromatic carbocycles. The average Bonchev–Trinajstić information content (AvgIpc) is 2.42. The summed E-state index contributed by atoms with van der Waals surface area (Å²) in [6.07, 6.45) is 5.09. The van der Waals surface area contributed by atoms with Crippen molar-refractivity contribution in [1.82, 2.24) is 0 Å². The summed E-state index contributed by atoms with van der Waals surface area (Å²) in [5.74, 6) is 0.973. The van der Waals surface area contributed by atoms with E-state index < -0.39 is 0 Å². The van der Waals surface area contributed by atoms with Gasteiger partial charge in [0.2, 0.25) is 0 Å². The first kappa shape index (κ1) is 7.78. The van der Waals surface area contributed by atoms with Gasteiger partial charge in [0, 0.05) is 12.0 Å². The molecule has 0 heterocycles. The Hall–Kier alpha value is -0.850. The lowest BCUT2D eigenvalue weighted by Gasteiger charge is -2.18. The highest BCUT2D eigenvalue weighted by Crippen LogP contribution is 2.38. The van der Waals surface area contributed by atoms with Gasteiger partial charge in [0.15, 0.2) is 5.78 Å². The highest BCUT2D eigenvalue weighted by atomic mass is 16.1. The fraction of sp³-hybridized carbons (Fsp3) is 0.545. The number of Topliss-reactive ketones (excluding diaryl/α,β-unsaturated/α-hetero) is 1. The van der Waals surface area contributed by atoms with Gasteiger partial charge in [-0.2, -0.15) is 0 Å². The summed E-state index contributed by atoms with van der Waals surface area (Å²) in [6, 6.07) is 0. The van der Waals surface area contributed by atoms with Crippen molar-refractivity contribution in [1.29, 1.82) is 0 Å². The number of ketones is 1. The fourth-order valence-corrected chi connectivity index (χ4v) is 2.24. The van der Waals surface area contributed by atoms with Crippen molar-refractivity contribution in [2.75, 3.05) is 0 Å². The Balaban J connectivity index is 2.46. The quantitative estimate of drug-likeness (QED) is 0.535. The number of carbonyl (C=O) groups is 1. The number of carbonyl (C=O) groups excluding carboxylic acids is 1. The molecule has 1 nitrogen and oxygen atoms in total. The molecule has 12 heavy (non-hydrogen) atoms. The zero-order valence-corrected chi connectivity index (χ0v) is 7.68. The predicted molar refractivity (Wildman–Crippen MR) is 48.8 cm³/mol. The van der Waals surface area contributed by atoms with Crippen LogP contribution in [-0.2, 0) is 4.79 Å². The van der Waals surface area contributed by atoms with Crippen LogP contribution in [0.15, 0.2) is 22.8 Å². The highest BCUT2D eigenvalue weighted by Gasteiger charge is 2.29. The summed E-state index contributed by atoms with van der Waals surface area (Å²) in [6.45, 7) is 4.28. The minimum atomic E-state index is 0.366. The zero-order valence-electron chi connectivity index (χ0n) is 7.68. The van der Waals surface area contributed by atoms with E-state index in [4.69, 9.17) is 0 Å². The van der Waals surface area contributed by atoms with Gasteiger partial charge in [-0.3, -0.25) is 4.79 Å². The molecule has 0 bridgehead atoms. The zero-order chi connectivity index (χ0) is 8.72. The largest absolute Gasteiger partial charge is 0.294 e. The lowest BCUT2D eigenvalue weighted by Crippen LogP contribution is -2.07. The number of allylic oxidation sites excluding steroid dienone is 4. The molecule has 0 N–H and O–H groups in total. The van der Waals surface area contributed by atoms with E-state index >= 15 is 0 Å². The van der Waals surface area contributed by atoms with Crippen LogP contribution in [0.5, 0.6) is 0 Å². The topological polar surface area (TPSA) is 17.1 Å². The summed E-state index contributed by atoms with van der Waals surface area (Å²) in [5.41, 5.74) is 3.69. The monoisotopic (exact) mass is 162 g/mol. The molecule has 0 spiro atoms. The lowest BCUT2D eigenvalue weighted by atomic mass is 9.86. The highest BCUT2D eigenvalue weighted by molar-refractivity contribution is 6.03. The van der Waals surface area contributed by atoms with Crippen molar-refractivity contribution in [2.24, 2.45) is 5.92 Å². The van der Waals surface area contributed by atoms with Gasteiger partial charge in [0.1, 0.15) is 0 Å². The molecule has 0 aliphatic heterocycles. The molecule has 0 amide bonds. The van der Waals surface area contributed by atoms with Crippen LogP contribution in [-0.4, -0.2) is 5.78 Å². The Bertz CT molecular complexity index is 294. The van der Waals surface area contributed by atoms with Gasteiger partial charge in [-0.25, -0.2) is 0 Å².